The van der Waals surface area contributed by atoms with Gasteiger partial charge in [0.1, 0.15) is 24.7 Å². The molecule has 0 saturated heterocycles. The molecule has 0 saturated carbocycles. The van der Waals surface area contributed by atoms with Crippen LogP contribution < -0.4 is 9.47 Å². The zero-order chi connectivity index (χ0) is 27.0. The maximum atomic E-state index is 6.16. The Morgan fingerprint density at radius 3 is 2.64 bits per heavy atom. The van der Waals surface area contributed by atoms with E-state index in [0.29, 0.717) is 32.1 Å². The third-order valence-corrected chi connectivity index (χ3v) is 7.50. The van der Waals surface area contributed by atoms with Crippen LogP contribution in [0.5, 0.6) is 11.5 Å². The van der Waals surface area contributed by atoms with Crippen molar-refractivity contribution in [3.63, 3.8) is 0 Å². The maximum absolute atomic E-state index is 6.16. The summed E-state index contributed by atoms with van der Waals surface area (Å²) in [5.41, 5.74) is 5.72. The Labute approximate surface area is 232 Å². The summed E-state index contributed by atoms with van der Waals surface area (Å²) in [6.45, 7) is 5.51. The summed E-state index contributed by atoms with van der Waals surface area (Å²) < 4.78 is 18.5. The van der Waals surface area contributed by atoms with E-state index in [-0.39, 0.29) is 5.92 Å². The van der Waals surface area contributed by atoms with Crippen molar-refractivity contribution in [2.24, 2.45) is 0 Å². The second-order valence-corrected chi connectivity index (χ2v) is 10.00. The van der Waals surface area contributed by atoms with Gasteiger partial charge in [-0.3, -0.25) is 0 Å². The number of aromatic amines is 1. The van der Waals surface area contributed by atoms with Crippen molar-refractivity contribution in [3.8, 4) is 34.5 Å². The zero-order valence-corrected chi connectivity index (χ0v) is 23.0. The summed E-state index contributed by atoms with van der Waals surface area (Å²) in [6.07, 6.45) is 0.599. The van der Waals surface area contributed by atoms with E-state index in [1.165, 1.54) is 21.2 Å². The number of thiophene rings is 1. The van der Waals surface area contributed by atoms with E-state index in [4.69, 9.17) is 14.2 Å². The maximum Gasteiger partial charge on any atom is 0.176 e. The van der Waals surface area contributed by atoms with Crippen molar-refractivity contribution >= 4 is 21.4 Å². The number of fused-ring (bicyclic) bond motifs is 1. The Morgan fingerprint density at radius 1 is 1.00 bits per heavy atom. The molecule has 5 rings (SSSR count). The third-order valence-electron chi connectivity index (χ3n) is 6.54. The van der Waals surface area contributed by atoms with E-state index in [0.717, 1.165) is 28.2 Å². The van der Waals surface area contributed by atoms with E-state index in [9.17, 15) is 0 Å². The van der Waals surface area contributed by atoms with Crippen LogP contribution >= 0.6 is 11.3 Å². The number of nitrogens with zero attached hydrogens (tertiary/aromatic N) is 3. The molecule has 1 N–H and O–H groups in total. The largest absolute Gasteiger partial charge is 0.491 e. The highest BCUT2D eigenvalue weighted by molar-refractivity contribution is 7.17. The Morgan fingerprint density at radius 2 is 1.87 bits per heavy atom. The second kappa shape index (κ2) is 12.6. The lowest BCUT2D eigenvalue weighted by Crippen LogP contribution is -2.05. The van der Waals surface area contributed by atoms with E-state index in [1.807, 2.05) is 31.2 Å². The molecule has 0 radical (unpaired) electrons. The van der Waals surface area contributed by atoms with Gasteiger partial charge in [-0.25, -0.2) is 0 Å². The lowest BCUT2D eigenvalue weighted by molar-refractivity contribution is 0.146. The normalized spacial score (nSPS) is 11.7. The number of H-pyrrole nitrogens is 1. The predicted molar refractivity (Wildman–Crippen MR) is 154 cm³/mol. The number of methoxy groups -OCH3 is 1. The molecular formula is C31H30N4O3S. The number of aromatic nitrogens is 4. The van der Waals surface area contributed by atoms with E-state index < -0.39 is 0 Å². The van der Waals surface area contributed by atoms with Gasteiger partial charge in [-0.05, 0) is 71.8 Å². The number of benzene rings is 3. The minimum Gasteiger partial charge on any atom is -0.491 e. The molecular weight excluding hydrogens is 508 g/mol. The first-order valence-corrected chi connectivity index (χ1v) is 13.6. The highest BCUT2D eigenvalue weighted by atomic mass is 32.1. The molecule has 2 aromatic heterocycles. The lowest BCUT2D eigenvalue weighted by Gasteiger charge is -2.13. The first kappa shape index (κ1) is 26.4. The molecule has 3 aromatic carbocycles. The summed E-state index contributed by atoms with van der Waals surface area (Å²) >= 11 is 1.75. The number of hydrogen-bond acceptors (Lipinski definition) is 7. The molecule has 2 heterocycles. The highest BCUT2D eigenvalue weighted by Crippen LogP contribution is 2.38. The van der Waals surface area contributed by atoms with Crippen molar-refractivity contribution in [2.75, 3.05) is 20.3 Å². The van der Waals surface area contributed by atoms with Crippen LogP contribution in [0.15, 0.2) is 66.0 Å². The van der Waals surface area contributed by atoms with E-state index in [1.54, 1.807) is 18.4 Å². The quantitative estimate of drug-likeness (QED) is 0.156. The summed E-state index contributed by atoms with van der Waals surface area (Å²) in [6, 6.07) is 20.8. The number of hydrogen-bond donors (Lipinski definition) is 1. The number of rotatable bonds is 11. The van der Waals surface area contributed by atoms with Gasteiger partial charge in [0.05, 0.1) is 12.5 Å². The second-order valence-electron chi connectivity index (χ2n) is 9.09. The van der Waals surface area contributed by atoms with Crippen molar-refractivity contribution in [3.05, 3.63) is 88.6 Å². The molecule has 0 bridgehead atoms. The standard InChI is InChI=1S/C31H30N4O3S/c1-4-6-24(18-31-32-34-35-33-31)23-10-12-25(13-11-23)38-19-22-9-14-30-27(17-22)28(20-39-30)26-7-5-8-29(21(26)2)37-16-15-36-3/h5,7-14,17,20,24H,15-16,18-19H2,1-3H3,(H,32,33,34,35). The van der Waals surface area contributed by atoms with Gasteiger partial charge in [-0.1, -0.05) is 41.5 Å². The summed E-state index contributed by atoms with van der Waals surface area (Å²) in [4.78, 5) is 0. The molecule has 1 atom stereocenters. The average molecular weight is 539 g/mol. The average Bonchev–Trinajstić information content (AvgIpc) is 3.63. The van der Waals surface area contributed by atoms with Gasteiger partial charge in [0, 0.05) is 29.2 Å². The minimum absolute atomic E-state index is 0.00611. The molecule has 8 heteroatoms. The van der Waals surface area contributed by atoms with Crippen LogP contribution in [0.4, 0.5) is 0 Å². The first-order chi connectivity index (χ1) is 19.2. The summed E-state index contributed by atoms with van der Waals surface area (Å²) in [5.74, 6) is 8.58. The molecule has 0 aliphatic rings. The van der Waals surface area contributed by atoms with Gasteiger partial charge in [0.2, 0.25) is 0 Å². The smallest absolute Gasteiger partial charge is 0.176 e. The van der Waals surface area contributed by atoms with Crippen molar-refractivity contribution < 1.29 is 14.2 Å². The van der Waals surface area contributed by atoms with Gasteiger partial charge < -0.3 is 14.2 Å². The molecule has 0 amide bonds. The van der Waals surface area contributed by atoms with Crippen LogP contribution in [-0.4, -0.2) is 40.9 Å². The Hall–Kier alpha value is -4.19. The van der Waals surface area contributed by atoms with E-state index in [2.05, 4.69) is 81.2 Å². The van der Waals surface area contributed by atoms with Crippen molar-refractivity contribution in [1.29, 1.82) is 0 Å². The van der Waals surface area contributed by atoms with Crippen LogP contribution in [-0.2, 0) is 17.8 Å². The Bertz CT molecular complexity index is 1580. The molecule has 5 aromatic rings. The molecule has 0 fully saturated rings. The molecule has 7 nitrogen and oxygen atoms in total. The highest BCUT2D eigenvalue weighted by Gasteiger charge is 2.14. The fourth-order valence-corrected chi connectivity index (χ4v) is 5.45. The predicted octanol–water partition coefficient (Wildman–Crippen LogP) is 6.34. The van der Waals surface area contributed by atoms with Gasteiger partial charge in [0.25, 0.3) is 0 Å². The zero-order valence-electron chi connectivity index (χ0n) is 22.2. The third kappa shape index (κ3) is 6.28. The molecule has 0 aliphatic heterocycles. The number of nitrogens with one attached hydrogen (secondary N) is 1. The number of tetrazole rings is 1. The molecule has 39 heavy (non-hydrogen) atoms. The SMILES string of the molecule is CC#CC(Cc1nn[nH]n1)c1ccc(OCc2ccc3scc(-c4cccc(OCCOC)c4C)c3c2)cc1. The topological polar surface area (TPSA) is 82.2 Å². The Kier molecular flexibility index (Phi) is 8.51. The number of ether oxygens (including phenoxy) is 3. The summed E-state index contributed by atoms with van der Waals surface area (Å²) in [7, 11) is 1.68. The van der Waals surface area contributed by atoms with Crippen LogP contribution in [0.1, 0.15) is 35.4 Å². The summed E-state index contributed by atoms with van der Waals surface area (Å²) in [5, 5.41) is 17.7. The van der Waals surface area contributed by atoms with Crippen molar-refractivity contribution in [2.45, 2.75) is 32.8 Å². The van der Waals surface area contributed by atoms with Crippen LogP contribution in [0, 0.1) is 18.8 Å². The van der Waals surface area contributed by atoms with Gasteiger partial charge in [-0.2, -0.15) is 5.21 Å². The minimum atomic E-state index is -0.00611. The molecule has 0 spiro atoms. The molecule has 0 aliphatic carbocycles. The van der Waals surface area contributed by atoms with Gasteiger partial charge >= 0.3 is 0 Å². The van der Waals surface area contributed by atoms with Crippen molar-refractivity contribution in [1.82, 2.24) is 20.6 Å². The van der Waals surface area contributed by atoms with Crippen LogP contribution in [0.3, 0.4) is 0 Å². The van der Waals surface area contributed by atoms with Gasteiger partial charge in [0.15, 0.2) is 5.82 Å². The fraction of sp³-hybridized carbons (Fsp3) is 0.258. The fourth-order valence-electron chi connectivity index (χ4n) is 4.51. The lowest BCUT2D eigenvalue weighted by atomic mass is 9.96. The first-order valence-electron chi connectivity index (χ1n) is 12.8. The van der Waals surface area contributed by atoms with Crippen LogP contribution in [0.2, 0.25) is 0 Å². The Balaban J connectivity index is 1.30. The molecule has 1 unspecified atom stereocenters. The van der Waals surface area contributed by atoms with Gasteiger partial charge in [-0.15, -0.1) is 27.5 Å². The van der Waals surface area contributed by atoms with Crippen LogP contribution in [0.25, 0.3) is 21.2 Å². The monoisotopic (exact) mass is 538 g/mol. The molecule has 198 valence electrons. The van der Waals surface area contributed by atoms with E-state index >= 15 is 0 Å².